The Hall–Kier alpha value is -0.330. The van der Waals surface area contributed by atoms with Gasteiger partial charge >= 0.3 is 0 Å². The second-order valence-electron chi connectivity index (χ2n) is 7.26. The molecule has 0 spiro atoms. The van der Waals surface area contributed by atoms with Gasteiger partial charge in [-0.15, -0.1) is 0 Å². The van der Waals surface area contributed by atoms with Crippen LogP contribution in [0.4, 0.5) is 0 Å². The molecule has 5 fully saturated rings. The lowest BCUT2D eigenvalue weighted by Gasteiger charge is -2.59. The minimum absolute atomic E-state index is 0.556. The number of rotatable bonds is 1. The molecular formula is C15H22O. The predicted molar refractivity (Wildman–Crippen MR) is 63.0 cm³/mol. The Kier molecular flexibility index (Phi) is 1.88. The highest BCUT2D eigenvalue weighted by molar-refractivity contribution is 5.80. The molecule has 1 unspecified atom stereocenters. The molecule has 16 heavy (non-hydrogen) atoms. The van der Waals surface area contributed by atoms with Gasteiger partial charge in [-0.3, -0.25) is 4.79 Å². The van der Waals surface area contributed by atoms with E-state index in [2.05, 4.69) is 0 Å². The summed E-state index contributed by atoms with van der Waals surface area (Å²) in [6.07, 6.45) is 12.1. The standard InChI is InChI=1S/C15H22O/c16-14-2-1-13(6-14)15-7-10-3-11(8-15)5-12(4-10)9-15/h10-13H,1-9H2. The molecular weight excluding hydrogens is 196 g/mol. The van der Waals surface area contributed by atoms with Crippen molar-refractivity contribution in [1.82, 2.24) is 0 Å². The average molecular weight is 218 g/mol. The van der Waals surface area contributed by atoms with Crippen LogP contribution in [0.3, 0.4) is 0 Å². The van der Waals surface area contributed by atoms with Crippen LogP contribution in [0, 0.1) is 29.1 Å². The molecule has 0 saturated heterocycles. The summed E-state index contributed by atoms with van der Waals surface area (Å²) in [6.45, 7) is 0. The third-order valence-corrected chi connectivity index (χ3v) is 6.20. The van der Waals surface area contributed by atoms with Crippen molar-refractivity contribution in [2.45, 2.75) is 57.8 Å². The minimum Gasteiger partial charge on any atom is -0.300 e. The van der Waals surface area contributed by atoms with Crippen LogP contribution in [-0.4, -0.2) is 5.78 Å². The van der Waals surface area contributed by atoms with Crippen LogP contribution < -0.4 is 0 Å². The second kappa shape index (κ2) is 3.11. The lowest BCUT2D eigenvalue weighted by atomic mass is 9.46. The fourth-order valence-corrected chi connectivity index (χ4v) is 6.01. The molecule has 1 nitrogen and oxygen atoms in total. The zero-order valence-electron chi connectivity index (χ0n) is 10.1. The highest BCUT2D eigenvalue weighted by atomic mass is 16.1. The van der Waals surface area contributed by atoms with Crippen molar-refractivity contribution in [3.05, 3.63) is 0 Å². The van der Waals surface area contributed by atoms with E-state index >= 15 is 0 Å². The first kappa shape index (κ1) is 9.67. The zero-order valence-corrected chi connectivity index (χ0v) is 10.1. The second-order valence-corrected chi connectivity index (χ2v) is 7.26. The number of carbonyl (C=O) groups is 1. The summed E-state index contributed by atoms with van der Waals surface area (Å²) in [5.41, 5.74) is 0.640. The van der Waals surface area contributed by atoms with Crippen LogP contribution in [0.2, 0.25) is 0 Å². The summed E-state index contributed by atoms with van der Waals surface area (Å²) in [5.74, 6) is 4.47. The van der Waals surface area contributed by atoms with Crippen molar-refractivity contribution in [2.75, 3.05) is 0 Å². The number of carbonyl (C=O) groups excluding carboxylic acids is 1. The Morgan fingerprint density at radius 3 is 1.94 bits per heavy atom. The average Bonchev–Trinajstić information content (AvgIpc) is 2.63. The van der Waals surface area contributed by atoms with Gasteiger partial charge < -0.3 is 0 Å². The molecule has 0 amide bonds. The lowest BCUT2D eigenvalue weighted by molar-refractivity contribution is -0.120. The van der Waals surface area contributed by atoms with Crippen molar-refractivity contribution in [3.8, 4) is 0 Å². The third-order valence-electron chi connectivity index (χ3n) is 6.20. The number of hydrogen-bond donors (Lipinski definition) is 0. The number of hydrogen-bond acceptors (Lipinski definition) is 1. The van der Waals surface area contributed by atoms with Crippen molar-refractivity contribution in [1.29, 1.82) is 0 Å². The maximum absolute atomic E-state index is 11.5. The topological polar surface area (TPSA) is 17.1 Å². The van der Waals surface area contributed by atoms with E-state index in [1.165, 1.54) is 44.9 Å². The molecule has 0 aromatic carbocycles. The molecule has 5 aliphatic carbocycles. The van der Waals surface area contributed by atoms with Gasteiger partial charge in [0.15, 0.2) is 0 Å². The molecule has 5 rings (SSSR count). The molecule has 5 aliphatic rings. The van der Waals surface area contributed by atoms with E-state index in [-0.39, 0.29) is 0 Å². The van der Waals surface area contributed by atoms with Crippen LogP contribution in [0.25, 0.3) is 0 Å². The summed E-state index contributed by atoms with van der Waals surface area (Å²) in [7, 11) is 0. The van der Waals surface area contributed by atoms with Crippen LogP contribution in [0.15, 0.2) is 0 Å². The molecule has 0 aromatic heterocycles. The number of ketones is 1. The van der Waals surface area contributed by atoms with Crippen molar-refractivity contribution in [2.24, 2.45) is 29.1 Å². The van der Waals surface area contributed by atoms with E-state index < -0.39 is 0 Å². The van der Waals surface area contributed by atoms with Gasteiger partial charge in [-0.25, -0.2) is 0 Å². The Bertz CT molecular complexity index is 295. The third kappa shape index (κ3) is 1.26. The fraction of sp³-hybridized carbons (Fsp3) is 0.933. The normalized spacial score (nSPS) is 54.9. The molecule has 1 atom stereocenters. The SMILES string of the molecule is O=C1CCC(C23CC4CC(CC(C4)C2)C3)C1. The van der Waals surface area contributed by atoms with Crippen molar-refractivity contribution in [3.63, 3.8) is 0 Å². The predicted octanol–water partition coefficient (Wildman–Crippen LogP) is 3.57. The Morgan fingerprint density at radius 1 is 0.938 bits per heavy atom. The van der Waals surface area contributed by atoms with Crippen LogP contribution in [0.5, 0.6) is 0 Å². The van der Waals surface area contributed by atoms with Gasteiger partial charge in [0, 0.05) is 12.8 Å². The maximum Gasteiger partial charge on any atom is 0.133 e. The Morgan fingerprint density at radius 2 is 1.50 bits per heavy atom. The largest absolute Gasteiger partial charge is 0.300 e. The van der Waals surface area contributed by atoms with Gasteiger partial charge in [0.05, 0.1) is 0 Å². The summed E-state index contributed by atoms with van der Waals surface area (Å²) < 4.78 is 0. The zero-order chi connectivity index (χ0) is 10.8. The van der Waals surface area contributed by atoms with Crippen molar-refractivity contribution < 1.29 is 4.79 Å². The minimum atomic E-state index is 0.556. The first-order valence-electron chi connectivity index (χ1n) is 7.25. The quantitative estimate of drug-likeness (QED) is 0.657. The molecule has 4 bridgehead atoms. The van der Waals surface area contributed by atoms with Crippen molar-refractivity contribution >= 4 is 5.78 Å². The highest BCUT2D eigenvalue weighted by Gasteiger charge is 2.54. The summed E-state index contributed by atoms with van der Waals surface area (Å²) in [4.78, 5) is 11.5. The van der Waals surface area contributed by atoms with Gasteiger partial charge in [-0.05, 0) is 74.0 Å². The summed E-state index contributed by atoms with van der Waals surface area (Å²) >= 11 is 0. The van der Waals surface area contributed by atoms with E-state index in [0.29, 0.717) is 11.2 Å². The Balaban J connectivity index is 1.64. The summed E-state index contributed by atoms with van der Waals surface area (Å²) in [6, 6.07) is 0. The van der Waals surface area contributed by atoms with E-state index in [1.54, 1.807) is 0 Å². The number of Topliss-reactive ketones (excluding diaryl/α,β-unsaturated/α-hetero) is 1. The van der Waals surface area contributed by atoms with E-state index in [1.807, 2.05) is 0 Å². The molecule has 0 radical (unpaired) electrons. The molecule has 0 aromatic rings. The van der Waals surface area contributed by atoms with Crippen LogP contribution >= 0.6 is 0 Å². The molecule has 0 aliphatic heterocycles. The molecule has 0 N–H and O–H groups in total. The van der Waals surface area contributed by atoms with Crippen LogP contribution in [-0.2, 0) is 4.79 Å². The Labute approximate surface area is 98.0 Å². The van der Waals surface area contributed by atoms with E-state index in [0.717, 1.165) is 36.5 Å². The monoisotopic (exact) mass is 218 g/mol. The van der Waals surface area contributed by atoms with Crippen LogP contribution in [0.1, 0.15) is 57.8 Å². The van der Waals surface area contributed by atoms with E-state index in [4.69, 9.17) is 0 Å². The fourth-order valence-electron chi connectivity index (χ4n) is 6.01. The molecule has 88 valence electrons. The maximum atomic E-state index is 11.5. The van der Waals surface area contributed by atoms with Gasteiger partial charge in [0.1, 0.15) is 5.78 Å². The van der Waals surface area contributed by atoms with Gasteiger partial charge in [-0.2, -0.15) is 0 Å². The first-order valence-corrected chi connectivity index (χ1v) is 7.25. The van der Waals surface area contributed by atoms with Gasteiger partial charge in [0.2, 0.25) is 0 Å². The van der Waals surface area contributed by atoms with E-state index in [9.17, 15) is 4.79 Å². The molecule has 0 heterocycles. The lowest BCUT2D eigenvalue weighted by Crippen LogP contribution is -2.49. The van der Waals surface area contributed by atoms with Gasteiger partial charge in [-0.1, -0.05) is 0 Å². The van der Waals surface area contributed by atoms with Gasteiger partial charge in [0.25, 0.3) is 0 Å². The first-order chi connectivity index (χ1) is 7.73. The molecule has 5 saturated carbocycles. The molecule has 1 heteroatoms. The smallest absolute Gasteiger partial charge is 0.133 e. The summed E-state index contributed by atoms with van der Waals surface area (Å²) in [5, 5.41) is 0. The highest BCUT2D eigenvalue weighted by Crippen LogP contribution is 2.64.